The predicted octanol–water partition coefficient (Wildman–Crippen LogP) is 3.76. The molecule has 7 nitrogen and oxygen atoms in total. The van der Waals surface area contributed by atoms with E-state index in [2.05, 4.69) is 9.97 Å². The second-order valence-corrected chi connectivity index (χ2v) is 6.00. The number of benzene rings is 2. The molecule has 1 aromatic heterocycles. The second-order valence-electron chi connectivity index (χ2n) is 6.00. The number of aromatic nitrogens is 2. The summed E-state index contributed by atoms with van der Waals surface area (Å²) in [5.41, 5.74) is 2.69. The minimum Gasteiger partial charge on any atom is -0.496 e. The molecule has 0 fully saturated rings. The van der Waals surface area contributed by atoms with Crippen molar-refractivity contribution in [1.29, 1.82) is 0 Å². The molecule has 2 aromatic carbocycles. The topological polar surface area (TPSA) is 98.6 Å². The van der Waals surface area contributed by atoms with Crippen molar-refractivity contribution in [2.75, 3.05) is 14.2 Å². The van der Waals surface area contributed by atoms with Crippen LogP contribution in [0.15, 0.2) is 61.2 Å². The van der Waals surface area contributed by atoms with Gasteiger partial charge in [-0.15, -0.1) is 0 Å². The fourth-order valence-electron chi connectivity index (χ4n) is 2.76. The lowest BCUT2D eigenvalue weighted by Crippen LogP contribution is -1.99. The van der Waals surface area contributed by atoms with Crippen molar-refractivity contribution in [3.05, 3.63) is 77.9 Å². The largest absolute Gasteiger partial charge is 0.496 e. The summed E-state index contributed by atoms with van der Waals surface area (Å²) >= 11 is 0. The number of carboxylic acid groups (broad SMARTS) is 1. The summed E-state index contributed by atoms with van der Waals surface area (Å²) in [6, 6.07) is 9.31. The molecule has 0 atom stereocenters. The summed E-state index contributed by atoms with van der Waals surface area (Å²) in [7, 11) is 3.09. The molecular weight excluding hydrogens is 372 g/mol. The van der Waals surface area contributed by atoms with E-state index in [9.17, 15) is 9.59 Å². The Morgan fingerprint density at radius 2 is 1.55 bits per heavy atom. The number of allylic oxidation sites excluding steroid dienone is 1. The Hall–Kier alpha value is -4.00. The standard InChI is InChI=1S/C22H18N2O5/c1-28-20-10-21(29-2)18(17-11-23-13-24-12-17)9-16(20)7-8-19(25)14-3-5-15(6-4-14)22(26)27/h3-13H,1-2H3,(H,26,27). The molecule has 3 rings (SSSR count). The van der Waals surface area contributed by atoms with E-state index in [1.54, 1.807) is 31.6 Å². The molecule has 0 unspecified atom stereocenters. The molecule has 0 spiro atoms. The summed E-state index contributed by atoms with van der Waals surface area (Å²) in [4.78, 5) is 31.5. The van der Waals surface area contributed by atoms with Crippen molar-refractivity contribution in [2.45, 2.75) is 0 Å². The Morgan fingerprint density at radius 1 is 0.931 bits per heavy atom. The molecule has 7 heteroatoms. The van der Waals surface area contributed by atoms with Gasteiger partial charge < -0.3 is 14.6 Å². The van der Waals surface area contributed by atoms with Crippen LogP contribution in [0, 0.1) is 0 Å². The number of ether oxygens (including phenoxy) is 2. The fraction of sp³-hybridized carbons (Fsp3) is 0.0909. The zero-order valence-electron chi connectivity index (χ0n) is 15.8. The van der Waals surface area contributed by atoms with Gasteiger partial charge >= 0.3 is 5.97 Å². The fourth-order valence-corrected chi connectivity index (χ4v) is 2.76. The van der Waals surface area contributed by atoms with Crippen LogP contribution < -0.4 is 9.47 Å². The smallest absolute Gasteiger partial charge is 0.335 e. The summed E-state index contributed by atoms with van der Waals surface area (Å²) in [5, 5.41) is 8.95. The summed E-state index contributed by atoms with van der Waals surface area (Å²) < 4.78 is 10.9. The summed E-state index contributed by atoms with van der Waals surface area (Å²) in [5.74, 6) is -0.179. The Labute approximate surface area is 167 Å². The third kappa shape index (κ3) is 4.47. The number of methoxy groups -OCH3 is 2. The molecule has 0 bridgehead atoms. The highest BCUT2D eigenvalue weighted by molar-refractivity contribution is 6.07. The molecule has 3 aromatic rings. The van der Waals surface area contributed by atoms with E-state index in [1.165, 1.54) is 43.8 Å². The first-order valence-electron chi connectivity index (χ1n) is 8.60. The van der Waals surface area contributed by atoms with Gasteiger partial charge in [0.25, 0.3) is 0 Å². The maximum atomic E-state index is 12.5. The van der Waals surface area contributed by atoms with Crippen LogP contribution in [-0.2, 0) is 0 Å². The zero-order chi connectivity index (χ0) is 20.8. The van der Waals surface area contributed by atoms with Crippen LogP contribution in [0.1, 0.15) is 26.3 Å². The molecule has 29 heavy (non-hydrogen) atoms. The number of hydrogen-bond donors (Lipinski definition) is 1. The first-order chi connectivity index (χ1) is 14.0. The lowest BCUT2D eigenvalue weighted by Gasteiger charge is -2.13. The Balaban J connectivity index is 1.94. The normalized spacial score (nSPS) is 10.7. The zero-order valence-corrected chi connectivity index (χ0v) is 15.8. The minimum atomic E-state index is -1.04. The average Bonchev–Trinajstić information content (AvgIpc) is 2.77. The summed E-state index contributed by atoms with van der Waals surface area (Å²) in [6.07, 6.45) is 7.82. The molecule has 0 saturated heterocycles. The second kappa shape index (κ2) is 8.79. The van der Waals surface area contributed by atoms with Gasteiger partial charge in [-0.05, 0) is 30.4 Å². The van der Waals surface area contributed by atoms with Gasteiger partial charge in [0, 0.05) is 40.7 Å². The van der Waals surface area contributed by atoms with Gasteiger partial charge in [-0.2, -0.15) is 0 Å². The maximum absolute atomic E-state index is 12.5. The van der Waals surface area contributed by atoms with E-state index in [-0.39, 0.29) is 11.3 Å². The number of carbonyl (C=O) groups is 2. The molecule has 1 heterocycles. The number of rotatable bonds is 7. The van der Waals surface area contributed by atoms with E-state index < -0.39 is 5.97 Å². The van der Waals surface area contributed by atoms with E-state index in [0.717, 1.165) is 11.1 Å². The predicted molar refractivity (Wildman–Crippen MR) is 107 cm³/mol. The van der Waals surface area contributed by atoms with E-state index in [4.69, 9.17) is 14.6 Å². The maximum Gasteiger partial charge on any atom is 0.335 e. The van der Waals surface area contributed by atoms with Gasteiger partial charge in [0.2, 0.25) is 0 Å². The molecule has 146 valence electrons. The number of ketones is 1. The Morgan fingerprint density at radius 3 is 2.14 bits per heavy atom. The first kappa shape index (κ1) is 19.8. The van der Waals surface area contributed by atoms with Gasteiger partial charge in [0.1, 0.15) is 17.8 Å². The molecule has 1 N–H and O–H groups in total. The highest BCUT2D eigenvalue weighted by atomic mass is 16.5. The van der Waals surface area contributed by atoms with Gasteiger partial charge in [-0.25, -0.2) is 14.8 Å². The van der Waals surface area contributed by atoms with Crippen LogP contribution in [0.5, 0.6) is 11.5 Å². The Bertz CT molecular complexity index is 1060. The molecule has 0 amide bonds. The van der Waals surface area contributed by atoms with Gasteiger partial charge in [0.05, 0.1) is 19.8 Å². The van der Waals surface area contributed by atoms with Crippen molar-refractivity contribution >= 4 is 17.8 Å². The molecule has 0 aliphatic heterocycles. The Kier molecular flexibility index (Phi) is 5.99. The molecule has 0 aliphatic carbocycles. The van der Waals surface area contributed by atoms with Crippen LogP contribution in [0.2, 0.25) is 0 Å². The lowest BCUT2D eigenvalue weighted by molar-refractivity contribution is 0.0696. The highest BCUT2D eigenvalue weighted by Crippen LogP contribution is 2.36. The molecule has 0 saturated carbocycles. The highest BCUT2D eigenvalue weighted by Gasteiger charge is 2.13. The SMILES string of the molecule is COc1cc(OC)c(-c2cncnc2)cc1C=CC(=O)c1ccc(C(=O)O)cc1. The molecule has 0 aliphatic rings. The number of aromatic carboxylic acids is 1. The van der Waals surface area contributed by atoms with Crippen LogP contribution in [-0.4, -0.2) is 41.0 Å². The van der Waals surface area contributed by atoms with Crippen LogP contribution in [0.25, 0.3) is 17.2 Å². The quantitative estimate of drug-likeness (QED) is 0.484. The van der Waals surface area contributed by atoms with Crippen molar-refractivity contribution in [1.82, 2.24) is 9.97 Å². The van der Waals surface area contributed by atoms with Crippen molar-refractivity contribution < 1.29 is 24.2 Å². The lowest BCUT2D eigenvalue weighted by atomic mass is 10.0. The van der Waals surface area contributed by atoms with E-state index >= 15 is 0 Å². The number of carbonyl (C=O) groups excluding carboxylic acids is 1. The van der Waals surface area contributed by atoms with Crippen LogP contribution >= 0.6 is 0 Å². The average molecular weight is 390 g/mol. The van der Waals surface area contributed by atoms with Crippen LogP contribution in [0.3, 0.4) is 0 Å². The molecular formula is C22H18N2O5. The van der Waals surface area contributed by atoms with Gasteiger partial charge in [0.15, 0.2) is 5.78 Å². The molecule has 0 radical (unpaired) electrons. The van der Waals surface area contributed by atoms with Crippen molar-refractivity contribution in [3.63, 3.8) is 0 Å². The van der Waals surface area contributed by atoms with Gasteiger partial charge in [-0.3, -0.25) is 4.79 Å². The number of carboxylic acids is 1. The first-order valence-corrected chi connectivity index (χ1v) is 8.60. The van der Waals surface area contributed by atoms with Gasteiger partial charge in [-0.1, -0.05) is 12.1 Å². The van der Waals surface area contributed by atoms with Crippen LogP contribution in [0.4, 0.5) is 0 Å². The third-order valence-electron chi connectivity index (χ3n) is 4.25. The van der Waals surface area contributed by atoms with Crippen molar-refractivity contribution in [2.24, 2.45) is 0 Å². The minimum absolute atomic E-state index is 0.122. The van der Waals surface area contributed by atoms with Crippen molar-refractivity contribution in [3.8, 4) is 22.6 Å². The third-order valence-corrected chi connectivity index (χ3v) is 4.25. The number of nitrogens with zero attached hydrogens (tertiary/aromatic N) is 2. The summed E-state index contributed by atoms with van der Waals surface area (Å²) in [6.45, 7) is 0. The monoisotopic (exact) mass is 390 g/mol. The van der Waals surface area contributed by atoms with E-state index in [0.29, 0.717) is 22.6 Å². The van der Waals surface area contributed by atoms with E-state index in [1.807, 2.05) is 6.07 Å². The number of hydrogen-bond acceptors (Lipinski definition) is 6.